The van der Waals surface area contributed by atoms with Crippen molar-refractivity contribution in [2.75, 3.05) is 32.8 Å². The van der Waals surface area contributed by atoms with Crippen molar-refractivity contribution in [1.82, 2.24) is 15.1 Å². The lowest BCUT2D eigenvalue weighted by atomic mass is 9.78. The highest BCUT2D eigenvalue weighted by Crippen LogP contribution is 2.42. The van der Waals surface area contributed by atoms with Crippen LogP contribution in [-0.4, -0.2) is 60.8 Å². The lowest BCUT2D eigenvalue weighted by molar-refractivity contribution is -0.142. The first kappa shape index (κ1) is 16.2. The second-order valence-electron chi connectivity index (χ2n) is 7.72. The first-order valence-corrected chi connectivity index (χ1v) is 9.33. The third-order valence-corrected chi connectivity index (χ3v) is 6.22. The number of hydrogen-bond donors (Lipinski definition) is 1. The van der Waals surface area contributed by atoms with Crippen molar-refractivity contribution >= 4 is 5.91 Å². The number of nitrogens with one attached hydrogen (secondary N) is 1. The lowest BCUT2D eigenvalue weighted by Gasteiger charge is -2.44. The predicted octanol–water partition coefficient (Wildman–Crippen LogP) is 1.67. The molecule has 0 saturated carbocycles. The zero-order valence-corrected chi connectivity index (χ0v) is 14.6. The van der Waals surface area contributed by atoms with Crippen LogP contribution in [0.4, 0.5) is 0 Å². The highest BCUT2D eigenvalue weighted by atomic mass is 16.5. The van der Waals surface area contributed by atoms with Gasteiger partial charge >= 0.3 is 0 Å². The maximum atomic E-state index is 13.3. The number of dihydropyridines is 1. The molecule has 5 nitrogen and oxygen atoms in total. The first-order chi connectivity index (χ1) is 11.7. The quantitative estimate of drug-likeness (QED) is 0.837. The van der Waals surface area contributed by atoms with Crippen LogP contribution in [-0.2, 0) is 9.53 Å². The van der Waals surface area contributed by atoms with E-state index in [9.17, 15) is 4.79 Å². The van der Waals surface area contributed by atoms with Crippen LogP contribution in [0.5, 0.6) is 0 Å². The SMILES string of the molecule is CC1=C[C]=CNC1N1CCC[C@@]2(CCN(C3CCOCC3)C2=O)C1. The molecule has 1 amide bonds. The molecule has 2 atom stereocenters. The Labute approximate surface area is 144 Å². The summed E-state index contributed by atoms with van der Waals surface area (Å²) in [5, 5.41) is 3.41. The van der Waals surface area contributed by atoms with Crippen molar-refractivity contribution in [3.05, 3.63) is 23.9 Å². The Kier molecular flexibility index (Phi) is 4.39. The molecule has 4 rings (SSSR count). The van der Waals surface area contributed by atoms with Crippen molar-refractivity contribution in [2.24, 2.45) is 5.41 Å². The Morgan fingerprint density at radius 1 is 1.29 bits per heavy atom. The van der Waals surface area contributed by atoms with Gasteiger partial charge in [-0.3, -0.25) is 9.69 Å². The highest BCUT2D eigenvalue weighted by molar-refractivity contribution is 5.85. The lowest BCUT2D eigenvalue weighted by Crippen LogP contribution is -2.55. The second kappa shape index (κ2) is 6.52. The summed E-state index contributed by atoms with van der Waals surface area (Å²) in [6.45, 7) is 6.60. The van der Waals surface area contributed by atoms with Gasteiger partial charge in [-0.25, -0.2) is 0 Å². The highest BCUT2D eigenvalue weighted by Gasteiger charge is 2.51. The number of ether oxygens (including phenoxy) is 1. The van der Waals surface area contributed by atoms with Crippen LogP contribution < -0.4 is 5.32 Å². The molecule has 0 aromatic heterocycles. The van der Waals surface area contributed by atoms with E-state index >= 15 is 0 Å². The molecule has 1 radical (unpaired) electrons. The van der Waals surface area contributed by atoms with Gasteiger partial charge in [0.15, 0.2) is 0 Å². The summed E-state index contributed by atoms with van der Waals surface area (Å²) >= 11 is 0. The van der Waals surface area contributed by atoms with Gasteiger partial charge in [0, 0.05) is 45.1 Å². The van der Waals surface area contributed by atoms with E-state index in [2.05, 4.69) is 28.1 Å². The largest absolute Gasteiger partial charge is 0.381 e. The van der Waals surface area contributed by atoms with Gasteiger partial charge < -0.3 is 15.0 Å². The summed E-state index contributed by atoms with van der Waals surface area (Å²) in [7, 11) is 0. The van der Waals surface area contributed by atoms with E-state index in [0.29, 0.717) is 11.9 Å². The van der Waals surface area contributed by atoms with Gasteiger partial charge in [-0.2, -0.15) is 0 Å². The zero-order valence-electron chi connectivity index (χ0n) is 14.6. The molecule has 24 heavy (non-hydrogen) atoms. The molecule has 1 spiro atoms. The van der Waals surface area contributed by atoms with Crippen LogP contribution in [0.2, 0.25) is 0 Å². The summed E-state index contributed by atoms with van der Waals surface area (Å²) in [6.07, 6.45) is 12.4. The Morgan fingerprint density at radius 3 is 2.92 bits per heavy atom. The molecule has 0 bridgehead atoms. The fraction of sp³-hybridized carbons (Fsp3) is 0.737. The van der Waals surface area contributed by atoms with Crippen LogP contribution >= 0.6 is 0 Å². The molecule has 1 N–H and O–H groups in total. The van der Waals surface area contributed by atoms with Crippen molar-refractivity contribution in [3.63, 3.8) is 0 Å². The number of rotatable bonds is 2. The molecule has 0 aliphatic carbocycles. The van der Waals surface area contributed by atoms with E-state index in [-0.39, 0.29) is 11.6 Å². The van der Waals surface area contributed by atoms with Crippen molar-refractivity contribution in [1.29, 1.82) is 0 Å². The molecule has 4 heterocycles. The zero-order chi connectivity index (χ0) is 16.6. The molecule has 4 aliphatic heterocycles. The fourth-order valence-corrected chi connectivity index (χ4v) is 4.86. The van der Waals surface area contributed by atoms with Crippen LogP contribution in [0, 0.1) is 11.5 Å². The molecular formula is C19H28N3O2. The van der Waals surface area contributed by atoms with Gasteiger partial charge in [-0.15, -0.1) is 0 Å². The van der Waals surface area contributed by atoms with Crippen LogP contribution in [0.3, 0.4) is 0 Å². The minimum Gasteiger partial charge on any atom is -0.381 e. The molecule has 0 aromatic carbocycles. The van der Waals surface area contributed by atoms with Crippen LogP contribution in [0.15, 0.2) is 17.8 Å². The minimum atomic E-state index is -0.163. The van der Waals surface area contributed by atoms with E-state index in [1.165, 1.54) is 5.57 Å². The Bertz CT molecular complexity index is 553. The minimum absolute atomic E-state index is 0.163. The number of amides is 1. The fourth-order valence-electron chi connectivity index (χ4n) is 4.86. The van der Waals surface area contributed by atoms with Gasteiger partial charge in [-0.1, -0.05) is 6.08 Å². The number of hydrogen-bond acceptors (Lipinski definition) is 4. The number of carbonyl (C=O) groups is 1. The number of nitrogens with zero attached hydrogens (tertiary/aromatic N) is 2. The topological polar surface area (TPSA) is 44.8 Å². The molecular weight excluding hydrogens is 302 g/mol. The summed E-state index contributed by atoms with van der Waals surface area (Å²) in [5.41, 5.74) is 1.12. The Morgan fingerprint density at radius 2 is 2.12 bits per heavy atom. The monoisotopic (exact) mass is 330 g/mol. The van der Waals surface area contributed by atoms with E-state index in [4.69, 9.17) is 4.74 Å². The standard InChI is InChI=1S/C19H28N3O2/c1-15-4-2-9-20-17(15)21-10-3-7-19(14-21)8-11-22(18(19)23)16-5-12-24-13-6-16/h4,9,16-17,20H,3,5-8,10-14H2,1H3/t17?,19-/m1/s1. The summed E-state index contributed by atoms with van der Waals surface area (Å²) in [6, 6.07) is 0.396. The number of carbonyl (C=O) groups excluding carboxylic acids is 1. The second-order valence-corrected chi connectivity index (χ2v) is 7.72. The van der Waals surface area contributed by atoms with Gasteiger partial charge in [0.05, 0.1) is 5.41 Å². The van der Waals surface area contributed by atoms with Crippen LogP contribution in [0.25, 0.3) is 0 Å². The normalized spacial score (nSPS) is 35.4. The first-order valence-electron chi connectivity index (χ1n) is 9.33. The van der Waals surface area contributed by atoms with Crippen molar-refractivity contribution in [2.45, 2.75) is 51.2 Å². The smallest absolute Gasteiger partial charge is 0.230 e. The molecule has 4 aliphatic rings. The van der Waals surface area contributed by atoms with Crippen LogP contribution in [0.1, 0.15) is 39.0 Å². The van der Waals surface area contributed by atoms with Gasteiger partial charge in [-0.05, 0) is 50.7 Å². The summed E-state index contributed by atoms with van der Waals surface area (Å²) in [5.74, 6) is 0.402. The van der Waals surface area contributed by atoms with E-state index in [1.807, 2.05) is 12.3 Å². The maximum absolute atomic E-state index is 13.3. The molecule has 5 heteroatoms. The van der Waals surface area contributed by atoms with Gasteiger partial charge in [0.2, 0.25) is 5.91 Å². The average Bonchev–Trinajstić information content (AvgIpc) is 2.92. The molecule has 1 unspecified atom stereocenters. The predicted molar refractivity (Wildman–Crippen MR) is 91.9 cm³/mol. The third-order valence-electron chi connectivity index (χ3n) is 6.22. The summed E-state index contributed by atoms with van der Waals surface area (Å²) in [4.78, 5) is 17.9. The maximum Gasteiger partial charge on any atom is 0.230 e. The number of allylic oxidation sites excluding steroid dienone is 2. The van der Waals surface area contributed by atoms with E-state index in [0.717, 1.165) is 65.0 Å². The van der Waals surface area contributed by atoms with E-state index < -0.39 is 0 Å². The average molecular weight is 330 g/mol. The van der Waals surface area contributed by atoms with E-state index in [1.54, 1.807) is 0 Å². The molecule has 131 valence electrons. The third kappa shape index (κ3) is 2.78. The number of likely N-dealkylation sites (tertiary alicyclic amines) is 2. The molecule has 3 saturated heterocycles. The van der Waals surface area contributed by atoms with Crippen molar-refractivity contribution < 1.29 is 9.53 Å². The van der Waals surface area contributed by atoms with Gasteiger partial charge in [0.25, 0.3) is 0 Å². The van der Waals surface area contributed by atoms with Gasteiger partial charge in [0.1, 0.15) is 6.17 Å². The molecule has 3 fully saturated rings. The van der Waals surface area contributed by atoms with Crippen molar-refractivity contribution in [3.8, 4) is 0 Å². The Hall–Kier alpha value is -1.33. The summed E-state index contributed by atoms with van der Waals surface area (Å²) < 4.78 is 5.47. The number of piperidine rings is 1. The Balaban J connectivity index is 1.47. The molecule has 0 aromatic rings.